The molecular formula is C107H106N14O18S8. The van der Waals surface area contributed by atoms with Crippen molar-refractivity contribution in [1.82, 2.24) is 48.0 Å². The fourth-order valence-corrected chi connectivity index (χ4v) is 28.0. The van der Waals surface area contributed by atoms with Crippen LogP contribution in [0.2, 0.25) is 0 Å². The van der Waals surface area contributed by atoms with E-state index in [4.69, 9.17) is 9.47 Å². The molecule has 0 unspecified atom stereocenters. The molecule has 147 heavy (non-hydrogen) atoms. The monoisotopic (exact) mass is 2130 g/mol. The van der Waals surface area contributed by atoms with E-state index in [0.29, 0.717) is 86.1 Å². The van der Waals surface area contributed by atoms with Crippen molar-refractivity contribution >= 4 is 174 Å². The van der Waals surface area contributed by atoms with E-state index in [2.05, 4.69) is 50.7 Å². The highest BCUT2D eigenvalue weighted by atomic mass is 32.3. The van der Waals surface area contributed by atoms with E-state index >= 15 is 0 Å². The first kappa shape index (κ1) is 105. The molecule has 4 aliphatic heterocycles. The van der Waals surface area contributed by atoms with Gasteiger partial charge in [-0.2, -0.15) is 0 Å². The van der Waals surface area contributed by atoms with Crippen LogP contribution in [-0.2, 0) is 100 Å². The van der Waals surface area contributed by atoms with E-state index < -0.39 is 85.5 Å². The molecule has 0 bridgehead atoms. The summed E-state index contributed by atoms with van der Waals surface area (Å²) >= 11 is 4.64. The molecule has 4 aromatic carbocycles. The van der Waals surface area contributed by atoms with Crippen LogP contribution in [0.4, 0.5) is 17.1 Å². The van der Waals surface area contributed by atoms with E-state index in [1.165, 1.54) is 93.3 Å². The van der Waals surface area contributed by atoms with Crippen LogP contribution in [0.1, 0.15) is 78.6 Å². The summed E-state index contributed by atoms with van der Waals surface area (Å²) < 4.78 is 117. The lowest BCUT2D eigenvalue weighted by molar-refractivity contribution is -0.116. The predicted octanol–water partition coefficient (Wildman–Crippen LogP) is 14.1. The fourth-order valence-electron chi connectivity index (χ4n) is 17.6. The van der Waals surface area contributed by atoms with Gasteiger partial charge in [-0.3, -0.25) is 61.5 Å². The van der Waals surface area contributed by atoms with Gasteiger partial charge >= 0.3 is 0 Å². The highest BCUT2D eigenvalue weighted by molar-refractivity contribution is 7.95. The fraction of sp³-hybridized carbons (Fsp3) is 0.280. The number of nitrogens with zero attached hydrogens (tertiary/aromatic N) is 11. The van der Waals surface area contributed by atoms with Crippen LogP contribution in [0, 0.1) is 27.7 Å². The van der Waals surface area contributed by atoms with E-state index in [9.17, 15) is 72.0 Å². The SMILES string of the molecule is Cc1ccc(S(=O)(=O)CC(=O)Cc2ccc(-n3ccc4c5c(ccc4c3=O)NCC5)nc2)s1.Cc1ccc(S(=O)(=O)CC(=O)Cc2ccc(-n3ccc4cc(C5=NCCO5)ccc4c3=O)nc2)s1.Cc1ccc(S(=O)(=O)CC(=O)Cc2ccc(-n3ccc4cc(NCCCN5CCCC5)ccc4c3=O)nc2)s1.Cc1ccc(S(=O)(=O)CC(=O)Cc2ccc(-n3ccc4cc(NCCCN5CCOCC5)ccc4c3=O)nc2)s1. The van der Waals surface area contributed by atoms with E-state index in [-0.39, 0.29) is 64.8 Å². The second-order valence-corrected chi connectivity index (χ2v) is 50.2. The molecule has 12 aromatic heterocycles. The normalized spacial score (nSPS) is 13.9. The van der Waals surface area contributed by atoms with Crippen molar-refractivity contribution in [3.05, 3.63) is 332 Å². The summed E-state index contributed by atoms with van der Waals surface area (Å²) in [6, 6.07) is 54.6. The highest BCUT2D eigenvalue weighted by Gasteiger charge is 2.28. The van der Waals surface area contributed by atoms with Crippen LogP contribution in [0.5, 0.6) is 0 Å². The van der Waals surface area contributed by atoms with Crippen molar-refractivity contribution in [2.75, 3.05) is 124 Å². The number of carbonyl (C=O) groups excluding carboxylic acids is 4. The molecule has 0 amide bonds. The molecular weight excluding hydrogens is 2030 g/mol. The summed E-state index contributed by atoms with van der Waals surface area (Å²) in [7, 11) is -14.6. The molecule has 2 saturated heterocycles. The number of Topliss-reactive ketones (excluding diaryl/α,β-unsaturated/α-hetero) is 4. The molecule has 0 radical (unpaired) electrons. The number of aliphatic imine (C=N–C) groups is 1. The Morgan fingerprint density at radius 3 is 1.09 bits per heavy atom. The summed E-state index contributed by atoms with van der Waals surface area (Å²) in [6.07, 6.45) is 18.2. The Kier molecular flexibility index (Phi) is 33.2. The molecule has 3 N–H and O–H groups in total. The Labute approximate surface area is 864 Å². The number of pyridine rings is 8. The maximum Gasteiger partial charge on any atom is 0.264 e. The minimum absolute atomic E-state index is 0.0391. The first-order valence-electron chi connectivity index (χ1n) is 47.8. The minimum atomic E-state index is -3.66. The van der Waals surface area contributed by atoms with Crippen molar-refractivity contribution in [2.24, 2.45) is 4.99 Å². The number of thiophene rings is 4. The van der Waals surface area contributed by atoms with Crippen LogP contribution in [0.15, 0.2) is 279 Å². The molecule has 4 aliphatic rings. The number of benzene rings is 4. The van der Waals surface area contributed by atoms with Gasteiger partial charge in [0, 0.05) is 172 Å². The molecule has 0 saturated carbocycles. The third-order valence-corrected chi connectivity index (χ3v) is 38.0. The Hall–Kier alpha value is -13.7. The molecule has 0 atom stereocenters. The second-order valence-electron chi connectivity index (χ2n) is 36.2. The number of aryl methyl sites for hydroxylation is 4. The van der Waals surface area contributed by atoms with Crippen molar-refractivity contribution < 1.29 is 62.3 Å². The minimum Gasteiger partial charge on any atom is -0.476 e. The van der Waals surface area contributed by atoms with Gasteiger partial charge in [0.05, 0.1) is 19.8 Å². The van der Waals surface area contributed by atoms with Crippen molar-refractivity contribution in [2.45, 2.75) is 102 Å². The maximum absolute atomic E-state index is 13.2. The second kappa shape index (κ2) is 46.6. The van der Waals surface area contributed by atoms with Gasteiger partial charge in [-0.05, 0) is 299 Å². The zero-order valence-corrected chi connectivity index (χ0v) is 87.5. The van der Waals surface area contributed by atoms with E-state index in [1.807, 2.05) is 113 Å². The summed E-state index contributed by atoms with van der Waals surface area (Å²) in [5, 5.41) is 16.0. The van der Waals surface area contributed by atoms with Crippen LogP contribution in [0.25, 0.3) is 66.4 Å². The van der Waals surface area contributed by atoms with E-state index in [1.54, 1.807) is 104 Å². The number of ether oxygens (including phenoxy) is 2. The van der Waals surface area contributed by atoms with Gasteiger partial charge in [0.25, 0.3) is 22.2 Å². The lowest BCUT2D eigenvalue weighted by Crippen LogP contribution is -2.37. The number of carbonyl (C=O) groups is 4. The number of nitrogens with one attached hydrogen (secondary N) is 3. The standard InChI is InChI=1S/C29H32N4O5S2.C29H32N4O4S2.C25H21N3O5S2.C24H21N3O4S2/c1-21-3-8-28(39-21)40(36,37)20-25(34)17-22-4-7-27(31-19-22)33-12-9-23-18-24(5-6-26(23)29(33)35)30-10-2-11-32-13-15-38-16-14-32;1-21-5-10-28(38-21)39(36,37)20-25(34)17-22-6-9-27(31-19-22)33-16-11-23-18-24(7-8-26(23)29(33)35)30-12-4-15-32-13-2-3-14-32;1-16-2-7-23(34-16)35(31,32)15-20(29)12-17-3-6-22(27-14-17)28-10-8-18-13-19(24-26-9-11-33-24)4-5-21(18)25(28)30;1-15-2-7-23(32-15)33(30,31)14-17(28)12-16-3-6-22(26-13-16)27-11-9-18-19-8-10-25-21(19)5-4-20(18)24(27)29/h3-9,12,18-19,30H,2,10-11,13-17,20H2,1H3;5-11,16,18-19,30H,2-4,12-15,17,20H2,1H3;2-8,10,13-14H,9,11-12,15H2,1H3;2-7,9,11,13,25H,8,10,12,14H2,1H3. The third-order valence-electron chi connectivity index (χ3n) is 25.0. The van der Waals surface area contributed by atoms with Crippen LogP contribution in [-0.4, -0.2) is 219 Å². The zero-order valence-electron chi connectivity index (χ0n) is 80.9. The number of anilines is 3. The number of fused-ring (bicyclic) bond motifs is 6. The summed E-state index contributed by atoms with van der Waals surface area (Å²) in [4.78, 5) is 132. The molecule has 16 aromatic rings. The number of rotatable bonds is 35. The van der Waals surface area contributed by atoms with Crippen LogP contribution in [0.3, 0.4) is 0 Å². The number of morpholine rings is 1. The largest absolute Gasteiger partial charge is 0.476 e. The Morgan fingerprint density at radius 2 is 0.735 bits per heavy atom. The first-order chi connectivity index (χ1) is 70.7. The molecule has 40 heteroatoms. The van der Waals surface area contributed by atoms with Gasteiger partial charge in [0.2, 0.25) is 5.90 Å². The highest BCUT2D eigenvalue weighted by Crippen LogP contribution is 2.32. The average molecular weight is 2130 g/mol. The summed E-state index contributed by atoms with van der Waals surface area (Å²) in [6.45, 7) is 19.2. The van der Waals surface area contributed by atoms with E-state index in [0.717, 1.165) is 193 Å². The number of ketones is 4. The first-order valence-corrected chi connectivity index (χ1v) is 57.7. The van der Waals surface area contributed by atoms with Gasteiger partial charge < -0.3 is 30.3 Å². The lowest BCUT2D eigenvalue weighted by atomic mass is 10.0. The van der Waals surface area contributed by atoms with Crippen LogP contribution >= 0.6 is 45.3 Å². The number of sulfone groups is 4. The van der Waals surface area contributed by atoms with Crippen LogP contribution < -0.4 is 38.2 Å². The van der Waals surface area contributed by atoms with Crippen molar-refractivity contribution in [1.29, 1.82) is 0 Å². The Balaban J connectivity index is 0.000000134. The number of hydrogen-bond acceptors (Lipinski definition) is 32. The smallest absolute Gasteiger partial charge is 0.264 e. The molecule has 760 valence electrons. The Bertz CT molecular complexity index is 8440. The molecule has 0 aliphatic carbocycles. The number of aromatic nitrogens is 8. The predicted molar refractivity (Wildman–Crippen MR) is 577 cm³/mol. The van der Waals surface area contributed by atoms with Gasteiger partial charge in [-0.25, -0.2) is 58.6 Å². The average Bonchev–Trinajstić information content (AvgIpc) is 1.70. The van der Waals surface area contributed by atoms with Gasteiger partial charge in [0.1, 0.15) is 69.7 Å². The summed E-state index contributed by atoms with van der Waals surface area (Å²) in [5.74, 6) is -1.54. The number of hydrogen-bond donors (Lipinski definition) is 3. The van der Waals surface area contributed by atoms with Crippen molar-refractivity contribution in [3.63, 3.8) is 0 Å². The number of likely N-dealkylation sites (tertiary alicyclic amines) is 1. The molecule has 0 spiro atoms. The molecule has 2 fully saturated rings. The van der Waals surface area contributed by atoms with Gasteiger partial charge in [-0.1, -0.05) is 24.3 Å². The molecule has 16 heterocycles. The quantitative estimate of drug-likeness (QED) is 0.0311. The third kappa shape index (κ3) is 26.3. The lowest BCUT2D eigenvalue weighted by Gasteiger charge is -2.26. The maximum atomic E-state index is 13.2. The Morgan fingerprint density at radius 1 is 0.381 bits per heavy atom. The van der Waals surface area contributed by atoms with Gasteiger partial charge in [0.15, 0.2) is 62.5 Å². The summed E-state index contributed by atoms with van der Waals surface area (Å²) in [5.41, 5.74) is 6.62. The zero-order chi connectivity index (χ0) is 103. The van der Waals surface area contributed by atoms with Crippen molar-refractivity contribution in [3.8, 4) is 23.3 Å². The molecule has 32 nitrogen and oxygen atoms in total. The topological polar surface area (TPSA) is 418 Å². The van der Waals surface area contributed by atoms with Gasteiger partial charge in [-0.15, -0.1) is 45.3 Å². The molecule has 20 rings (SSSR count).